The fraction of sp³-hybridized carbons (Fsp3) is 0.0667. The summed E-state index contributed by atoms with van der Waals surface area (Å²) in [7, 11) is 0. The molecule has 1 saturated heterocycles. The number of alkyl carbamates (subject to hydrolysis) is 1. The number of amides is 2. The zero-order valence-corrected chi connectivity index (χ0v) is 10.1. The lowest BCUT2D eigenvalue weighted by Gasteiger charge is -2.21. The van der Waals surface area contributed by atoms with Gasteiger partial charge in [-0.05, 0) is 23.3 Å². The summed E-state index contributed by atoms with van der Waals surface area (Å²) < 4.78 is 18.8. The number of fused-ring (bicyclic) bond motifs is 5. The monoisotopic (exact) mass is 269 g/mol. The number of ether oxygens (including phenoxy) is 1. The van der Waals surface area contributed by atoms with E-state index in [1.54, 1.807) is 18.2 Å². The first-order chi connectivity index (χ1) is 9.63. The number of carbonyl (C=O) groups excluding carboxylic acids is 2. The molecule has 4 rings (SSSR count). The van der Waals surface area contributed by atoms with Crippen molar-refractivity contribution < 1.29 is 18.7 Å². The lowest BCUT2D eigenvalue weighted by atomic mass is 9.91. The third-order valence-corrected chi connectivity index (χ3v) is 3.74. The molecule has 0 bridgehead atoms. The number of hydrogen-bond donors (Lipinski definition) is 1. The minimum Gasteiger partial charge on any atom is -0.422 e. The Bertz CT molecular complexity index is 786. The molecule has 5 heteroatoms. The fourth-order valence-electron chi connectivity index (χ4n) is 2.96. The molecular weight excluding hydrogens is 261 g/mol. The van der Waals surface area contributed by atoms with E-state index < -0.39 is 23.4 Å². The molecule has 1 aliphatic heterocycles. The molecule has 2 amide bonds. The van der Waals surface area contributed by atoms with Gasteiger partial charge in [-0.25, -0.2) is 9.18 Å². The highest BCUT2D eigenvalue weighted by Gasteiger charge is 2.57. The second-order valence-electron chi connectivity index (χ2n) is 4.76. The van der Waals surface area contributed by atoms with Crippen molar-refractivity contribution in [3.8, 4) is 11.1 Å². The van der Waals surface area contributed by atoms with Gasteiger partial charge in [-0.3, -0.25) is 10.1 Å². The molecule has 1 unspecified atom stereocenters. The van der Waals surface area contributed by atoms with Crippen molar-refractivity contribution in [2.24, 2.45) is 0 Å². The van der Waals surface area contributed by atoms with Crippen LogP contribution in [0.2, 0.25) is 0 Å². The van der Waals surface area contributed by atoms with Crippen molar-refractivity contribution in [1.82, 2.24) is 5.32 Å². The third kappa shape index (κ3) is 1.15. The van der Waals surface area contributed by atoms with Crippen LogP contribution in [0.25, 0.3) is 11.1 Å². The number of nitrogens with one attached hydrogen (secondary N) is 1. The van der Waals surface area contributed by atoms with Gasteiger partial charge in [0.25, 0.3) is 5.91 Å². The van der Waals surface area contributed by atoms with Crippen molar-refractivity contribution in [3.63, 3.8) is 0 Å². The second kappa shape index (κ2) is 3.45. The molecule has 2 aromatic rings. The first kappa shape index (κ1) is 11.2. The van der Waals surface area contributed by atoms with Crippen LogP contribution in [0.1, 0.15) is 11.1 Å². The van der Waals surface area contributed by atoms with E-state index in [0.29, 0.717) is 16.7 Å². The Kier molecular flexibility index (Phi) is 1.92. The van der Waals surface area contributed by atoms with Crippen LogP contribution in [0.3, 0.4) is 0 Å². The van der Waals surface area contributed by atoms with Crippen LogP contribution in [-0.2, 0) is 15.1 Å². The summed E-state index contributed by atoms with van der Waals surface area (Å²) in [5.74, 6) is -1.06. The van der Waals surface area contributed by atoms with E-state index in [1.807, 2.05) is 12.1 Å². The summed E-state index contributed by atoms with van der Waals surface area (Å²) in [5.41, 5.74) is 0.829. The molecule has 20 heavy (non-hydrogen) atoms. The van der Waals surface area contributed by atoms with E-state index >= 15 is 0 Å². The van der Waals surface area contributed by atoms with Crippen LogP contribution in [0, 0.1) is 5.82 Å². The molecule has 1 aliphatic carbocycles. The van der Waals surface area contributed by atoms with Gasteiger partial charge in [-0.2, -0.15) is 0 Å². The number of imide groups is 1. The quantitative estimate of drug-likeness (QED) is 0.798. The molecule has 0 saturated carbocycles. The maximum Gasteiger partial charge on any atom is 0.415 e. The fourth-order valence-corrected chi connectivity index (χ4v) is 2.96. The molecule has 4 nitrogen and oxygen atoms in total. The summed E-state index contributed by atoms with van der Waals surface area (Å²) in [6.45, 7) is 0. The van der Waals surface area contributed by atoms with Gasteiger partial charge in [0.1, 0.15) is 5.82 Å². The highest BCUT2D eigenvalue weighted by Crippen LogP contribution is 2.51. The summed E-state index contributed by atoms with van der Waals surface area (Å²) in [4.78, 5) is 23.7. The summed E-state index contributed by atoms with van der Waals surface area (Å²) in [6.07, 6.45) is -0.818. The lowest BCUT2D eigenvalue weighted by molar-refractivity contribution is -0.128. The Morgan fingerprint density at radius 3 is 2.50 bits per heavy atom. The van der Waals surface area contributed by atoms with E-state index in [1.165, 1.54) is 12.1 Å². The van der Waals surface area contributed by atoms with Crippen molar-refractivity contribution in [2.45, 2.75) is 5.60 Å². The molecular formula is C15H8FNO3. The zero-order valence-electron chi connectivity index (χ0n) is 10.1. The van der Waals surface area contributed by atoms with E-state index in [9.17, 15) is 14.0 Å². The number of rotatable bonds is 0. The smallest absolute Gasteiger partial charge is 0.415 e. The zero-order chi connectivity index (χ0) is 13.9. The normalized spacial score (nSPS) is 22.4. The van der Waals surface area contributed by atoms with Crippen molar-refractivity contribution in [2.75, 3.05) is 0 Å². The number of hydrogen-bond acceptors (Lipinski definition) is 3. The largest absolute Gasteiger partial charge is 0.422 e. The van der Waals surface area contributed by atoms with Gasteiger partial charge >= 0.3 is 6.09 Å². The van der Waals surface area contributed by atoms with Crippen molar-refractivity contribution in [1.29, 1.82) is 0 Å². The molecule has 98 valence electrons. The van der Waals surface area contributed by atoms with Gasteiger partial charge in [0, 0.05) is 11.1 Å². The Balaban J connectivity index is 2.12. The van der Waals surface area contributed by atoms with Crippen molar-refractivity contribution >= 4 is 12.0 Å². The van der Waals surface area contributed by atoms with Gasteiger partial charge in [-0.1, -0.05) is 30.3 Å². The average Bonchev–Trinajstić information content (AvgIpc) is 2.88. The Morgan fingerprint density at radius 2 is 1.75 bits per heavy atom. The van der Waals surface area contributed by atoms with Crippen LogP contribution in [0.4, 0.5) is 9.18 Å². The Morgan fingerprint density at radius 1 is 1.00 bits per heavy atom. The van der Waals surface area contributed by atoms with E-state index in [2.05, 4.69) is 5.32 Å². The highest BCUT2D eigenvalue weighted by molar-refractivity contribution is 6.09. The minimum absolute atomic E-state index is 0.363. The molecule has 1 fully saturated rings. The minimum atomic E-state index is -1.56. The molecule has 0 radical (unpaired) electrons. The van der Waals surface area contributed by atoms with Gasteiger partial charge < -0.3 is 4.74 Å². The predicted molar refractivity (Wildman–Crippen MR) is 67.2 cm³/mol. The predicted octanol–water partition coefficient (Wildman–Crippen LogP) is 2.32. The van der Waals surface area contributed by atoms with Crippen LogP contribution < -0.4 is 5.32 Å². The lowest BCUT2D eigenvalue weighted by Crippen LogP contribution is -2.35. The van der Waals surface area contributed by atoms with E-state index in [4.69, 9.17) is 4.74 Å². The van der Waals surface area contributed by atoms with Crippen LogP contribution >= 0.6 is 0 Å². The van der Waals surface area contributed by atoms with Gasteiger partial charge in [0.2, 0.25) is 5.60 Å². The van der Waals surface area contributed by atoms with Crippen LogP contribution in [0.5, 0.6) is 0 Å². The number of halogens is 1. The maximum absolute atomic E-state index is 13.6. The summed E-state index contributed by atoms with van der Waals surface area (Å²) >= 11 is 0. The Labute approximate surface area is 113 Å². The molecule has 0 aromatic heterocycles. The molecule has 1 N–H and O–H groups in total. The first-order valence-electron chi connectivity index (χ1n) is 6.07. The average molecular weight is 269 g/mol. The molecule has 1 atom stereocenters. The highest BCUT2D eigenvalue weighted by atomic mass is 19.1. The van der Waals surface area contributed by atoms with Gasteiger partial charge in [0.05, 0.1) is 0 Å². The third-order valence-electron chi connectivity index (χ3n) is 3.74. The van der Waals surface area contributed by atoms with Crippen LogP contribution in [-0.4, -0.2) is 12.0 Å². The molecule has 1 heterocycles. The van der Waals surface area contributed by atoms with E-state index in [-0.39, 0.29) is 0 Å². The second-order valence-corrected chi connectivity index (χ2v) is 4.76. The van der Waals surface area contributed by atoms with Crippen molar-refractivity contribution in [3.05, 3.63) is 59.4 Å². The maximum atomic E-state index is 13.6. The summed E-state index contributed by atoms with van der Waals surface area (Å²) in [5, 5.41) is 2.13. The summed E-state index contributed by atoms with van der Waals surface area (Å²) in [6, 6.07) is 11.3. The Hall–Kier alpha value is -2.69. The molecule has 2 aliphatic rings. The SMILES string of the molecule is O=C1NC(=O)C2(O1)c1ccccc1-c1ccc(F)cc12. The number of benzene rings is 2. The standard InChI is InChI=1S/C15H8FNO3/c16-8-5-6-10-9-3-1-2-4-11(9)15(12(10)7-8)13(18)17-14(19)20-15/h1-7H,(H,17,18,19). The molecule has 1 spiro atoms. The first-order valence-corrected chi connectivity index (χ1v) is 6.07. The van der Waals surface area contributed by atoms with E-state index in [0.717, 1.165) is 5.56 Å². The topological polar surface area (TPSA) is 55.4 Å². The van der Waals surface area contributed by atoms with Gasteiger partial charge in [0.15, 0.2) is 0 Å². The molecule has 2 aromatic carbocycles. The number of carbonyl (C=O) groups is 2. The van der Waals surface area contributed by atoms with Crippen LogP contribution in [0.15, 0.2) is 42.5 Å². The van der Waals surface area contributed by atoms with Gasteiger partial charge in [-0.15, -0.1) is 0 Å².